The van der Waals surface area contributed by atoms with Crippen molar-refractivity contribution in [3.63, 3.8) is 0 Å². The molecule has 0 unspecified atom stereocenters. The zero-order valence-corrected chi connectivity index (χ0v) is 14.6. The van der Waals surface area contributed by atoms with Gasteiger partial charge in [-0.1, -0.05) is 54.6 Å². The largest absolute Gasteiger partial charge is 0.812 e. The van der Waals surface area contributed by atoms with Crippen LogP contribution in [0, 0.1) is 11.5 Å². The molecule has 0 aliphatic carbocycles. The fourth-order valence-corrected chi connectivity index (χ4v) is 7.08. The first-order valence-electron chi connectivity index (χ1n) is 7.85. The van der Waals surface area contributed by atoms with Gasteiger partial charge in [0.25, 0.3) is 0 Å². The van der Waals surface area contributed by atoms with E-state index in [0.717, 1.165) is 6.16 Å². The highest BCUT2D eigenvalue weighted by molar-refractivity contribution is 7.95. The van der Waals surface area contributed by atoms with Gasteiger partial charge in [-0.05, 0) is 43.3 Å². The van der Waals surface area contributed by atoms with Crippen LogP contribution in [-0.2, 0) is 0 Å². The second-order valence-electron chi connectivity index (χ2n) is 5.22. The van der Waals surface area contributed by atoms with Crippen LogP contribution in [0.15, 0.2) is 91.0 Å². The SMILES string of the molecule is CC[P+](c1ccccc1)(c1ccccc1)c1ccccc1.N#C[O-]. The summed E-state index contributed by atoms with van der Waals surface area (Å²) in [6, 6.07) is 33.0. The van der Waals surface area contributed by atoms with E-state index in [4.69, 9.17) is 10.4 Å². The van der Waals surface area contributed by atoms with Gasteiger partial charge in [0.2, 0.25) is 0 Å². The van der Waals surface area contributed by atoms with Gasteiger partial charge < -0.3 is 5.11 Å². The van der Waals surface area contributed by atoms with Crippen molar-refractivity contribution in [2.75, 3.05) is 6.16 Å². The van der Waals surface area contributed by atoms with Gasteiger partial charge >= 0.3 is 0 Å². The van der Waals surface area contributed by atoms with Crippen LogP contribution in [-0.4, -0.2) is 6.16 Å². The molecule has 120 valence electrons. The van der Waals surface area contributed by atoms with Gasteiger partial charge in [-0.2, -0.15) is 0 Å². The fraction of sp³-hybridized carbons (Fsp3) is 0.0952. The van der Waals surface area contributed by atoms with Crippen molar-refractivity contribution in [1.29, 1.82) is 5.26 Å². The topological polar surface area (TPSA) is 46.8 Å². The lowest BCUT2D eigenvalue weighted by Crippen LogP contribution is -2.32. The first-order valence-corrected chi connectivity index (χ1v) is 9.83. The van der Waals surface area contributed by atoms with E-state index in [1.807, 2.05) is 0 Å². The smallest absolute Gasteiger partial charge is 0.111 e. The lowest BCUT2D eigenvalue weighted by Gasteiger charge is -2.26. The summed E-state index contributed by atoms with van der Waals surface area (Å²) < 4.78 is 0. The normalized spacial score (nSPS) is 10.2. The molecule has 0 saturated carbocycles. The van der Waals surface area contributed by atoms with Gasteiger partial charge in [0, 0.05) is 6.26 Å². The van der Waals surface area contributed by atoms with Gasteiger partial charge in [-0.3, -0.25) is 0 Å². The lowest BCUT2D eigenvalue weighted by molar-refractivity contribution is -0.252. The van der Waals surface area contributed by atoms with Crippen LogP contribution in [0.1, 0.15) is 6.92 Å². The zero-order chi connectivity index (χ0) is 17.3. The maximum absolute atomic E-state index is 8.24. The Morgan fingerprint density at radius 3 is 1.17 bits per heavy atom. The first kappa shape index (κ1) is 17.7. The second-order valence-corrected chi connectivity index (χ2v) is 9.03. The van der Waals surface area contributed by atoms with Crippen molar-refractivity contribution in [3.8, 4) is 6.26 Å². The number of benzene rings is 3. The predicted octanol–water partition coefficient (Wildman–Crippen LogP) is 2.83. The molecule has 0 aliphatic rings. The monoisotopic (exact) mass is 333 g/mol. The molecule has 3 rings (SSSR count). The van der Waals surface area contributed by atoms with Crippen LogP contribution in [0.25, 0.3) is 0 Å². The van der Waals surface area contributed by atoms with Crippen molar-refractivity contribution < 1.29 is 5.11 Å². The Morgan fingerprint density at radius 2 is 0.958 bits per heavy atom. The number of hydrogen-bond donors (Lipinski definition) is 0. The van der Waals surface area contributed by atoms with E-state index < -0.39 is 7.26 Å². The molecule has 3 aromatic carbocycles. The third-order valence-corrected chi connectivity index (χ3v) is 8.55. The highest BCUT2D eigenvalue weighted by atomic mass is 31.2. The van der Waals surface area contributed by atoms with E-state index in [1.165, 1.54) is 15.9 Å². The van der Waals surface area contributed by atoms with Crippen LogP contribution in [0.5, 0.6) is 0 Å². The average molecular weight is 333 g/mol. The summed E-state index contributed by atoms with van der Waals surface area (Å²) in [5.74, 6) is 0. The van der Waals surface area contributed by atoms with E-state index in [0.29, 0.717) is 6.26 Å². The van der Waals surface area contributed by atoms with Gasteiger partial charge in [0.05, 0.1) is 6.16 Å². The molecule has 0 spiro atoms. The lowest BCUT2D eigenvalue weighted by atomic mass is 10.4. The minimum Gasteiger partial charge on any atom is -0.812 e. The van der Waals surface area contributed by atoms with Crippen LogP contribution in [0.4, 0.5) is 0 Å². The molecule has 0 bridgehead atoms. The van der Waals surface area contributed by atoms with Crippen molar-refractivity contribution in [2.24, 2.45) is 0 Å². The molecule has 0 amide bonds. The van der Waals surface area contributed by atoms with Crippen LogP contribution in [0.3, 0.4) is 0 Å². The Balaban J connectivity index is 0.000000647. The fourth-order valence-electron chi connectivity index (χ4n) is 3.04. The Bertz CT molecular complexity index is 671. The summed E-state index contributed by atoms with van der Waals surface area (Å²) in [6.07, 6.45) is 1.64. The summed E-state index contributed by atoms with van der Waals surface area (Å²) in [6.45, 7) is 2.32. The number of nitriles is 1. The Kier molecular flexibility index (Phi) is 6.55. The predicted molar refractivity (Wildman–Crippen MR) is 101 cm³/mol. The minimum atomic E-state index is -1.53. The van der Waals surface area contributed by atoms with Crippen LogP contribution >= 0.6 is 7.26 Å². The number of nitrogens with zero attached hydrogens (tertiary/aromatic N) is 1. The van der Waals surface area contributed by atoms with Crippen molar-refractivity contribution in [2.45, 2.75) is 6.92 Å². The molecule has 0 aromatic heterocycles. The molecule has 3 heteroatoms. The Morgan fingerprint density at radius 1 is 0.708 bits per heavy atom. The van der Waals surface area contributed by atoms with Gasteiger partial charge in [0.1, 0.15) is 23.2 Å². The molecule has 2 nitrogen and oxygen atoms in total. The quantitative estimate of drug-likeness (QED) is 0.544. The summed E-state index contributed by atoms with van der Waals surface area (Å²) in [5, 5.41) is 19.4. The summed E-state index contributed by atoms with van der Waals surface area (Å²) >= 11 is 0. The summed E-state index contributed by atoms with van der Waals surface area (Å²) in [4.78, 5) is 0. The molecule has 0 N–H and O–H groups in total. The highest BCUT2D eigenvalue weighted by Gasteiger charge is 2.43. The van der Waals surface area contributed by atoms with Crippen molar-refractivity contribution >= 4 is 23.2 Å². The molecule has 3 aromatic rings. The van der Waals surface area contributed by atoms with E-state index >= 15 is 0 Å². The van der Waals surface area contributed by atoms with Crippen molar-refractivity contribution in [1.82, 2.24) is 0 Å². The van der Waals surface area contributed by atoms with Crippen LogP contribution in [0.2, 0.25) is 0 Å². The van der Waals surface area contributed by atoms with Gasteiger partial charge in [0.15, 0.2) is 0 Å². The minimum absolute atomic E-state index is 0.500. The molecule has 0 aliphatic heterocycles. The molecular formula is C21H20NOP. The first-order chi connectivity index (χ1) is 11.8. The molecule has 0 saturated heterocycles. The second kappa shape index (κ2) is 8.87. The van der Waals surface area contributed by atoms with Gasteiger partial charge in [-0.15, -0.1) is 0 Å². The molecule has 0 atom stereocenters. The maximum Gasteiger partial charge on any atom is 0.111 e. The Hall–Kier alpha value is -2.62. The van der Waals surface area contributed by atoms with E-state index in [1.54, 1.807) is 0 Å². The molecule has 0 radical (unpaired) electrons. The highest BCUT2D eigenvalue weighted by Crippen LogP contribution is 2.54. The zero-order valence-electron chi connectivity index (χ0n) is 13.7. The molecule has 24 heavy (non-hydrogen) atoms. The summed E-state index contributed by atoms with van der Waals surface area (Å²) in [7, 11) is -1.53. The van der Waals surface area contributed by atoms with Gasteiger partial charge in [-0.25, -0.2) is 5.26 Å². The van der Waals surface area contributed by atoms with Crippen LogP contribution < -0.4 is 21.0 Å². The number of hydrogen-bond acceptors (Lipinski definition) is 2. The third-order valence-electron chi connectivity index (χ3n) is 4.07. The molecular weight excluding hydrogens is 313 g/mol. The molecule has 0 fully saturated rings. The van der Waals surface area contributed by atoms with E-state index in [-0.39, 0.29) is 0 Å². The Labute approximate surface area is 144 Å². The van der Waals surface area contributed by atoms with E-state index in [9.17, 15) is 0 Å². The third kappa shape index (κ3) is 3.65. The van der Waals surface area contributed by atoms with E-state index in [2.05, 4.69) is 97.9 Å². The average Bonchev–Trinajstić information content (AvgIpc) is 2.66. The van der Waals surface area contributed by atoms with Crippen molar-refractivity contribution in [3.05, 3.63) is 91.0 Å². The standard InChI is InChI=1S/C20H20P.CHNO/c1-2-21(18-12-6-3-7-13-18,19-14-8-4-9-15-19)20-16-10-5-11-17-20;2-1-3/h3-17H,2H2,1H3;3H/q+1;/p-1. The maximum atomic E-state index is 8.24. The summed E-state index contributed by atoms with van der Waals surface area (Å²) in [5.41, 5.74) is 0. The number of rotatable bonds is 4. The molecule has 0 heterocycles.